The Morgan fingerprint density at radius 2 is 1.04 bits per heavy atom. The summed E-state index contributed by atoms with van der Waals surface area (Å²) in [5.74, 6) is -0.810. The molecule has 0 bridgehead atoms. The summed E-state index contributed by atoms with van der Waals surface area (Å²) < 4.78 is 0. The summed E-state index contributed by atoms with van der Waals surface area (Å²) in [7, 11) is 0. The Kier molecular flexibility index (Phi) is 5.40. The molecule has 1 heterocycles. The van der Waals surface area contributed by atoms with Crippen LogP contribution in [0.1, 0.15) is 25.0 Å². The third kappa shape index (κ3) is 3.37. The molecule has 1 fully saturated rings. The minimum atomic E-state index is -1.32. The second-order valence-corrected chi connectivity index (χ2v) is 6.79. The third-order valence-corrected chi connectivity index (χ3v) is 5.10. The van der Waals surface area contributed by atoms with Crippen molar-refractivity contribution in [2.45, 2.75) is 26.7 Å². The zero-order valence-electron chi connectivity index (χ0n) is 15.7. The van der Waals surface area contributed by atoms with Crippen LogP contribution in [-0.4, -0.2) is 40.7 Å². The van der Waals surface area contributed by atoms with Gasteiger partial charge in [-0.25, -0.2) is 4.79 Å². The molecular weight excluding hydrogens is 340 g/mol. The molecule has 0 radical (unpaired) electrons. The van der Waals surface area contributed by atoms with E-state index in [-0.39, 0.29) is 25.9 Å². The SMILES string of the molecule is CCN1C(=O)N(CC)C(=O)C(Cc2ccccc2)(Cc2ccccc2)C1=O. The molecular formula is C22H24N2O3. The van der Waals surface area contributed by atoms with Crippen LogP contribution >= 0.6 is 0 Å². The molecule has 2 aromatic carbocycles. The number of imide groups is 2. The Balaban J connectivity index is 2.12. The van der Waals surface area contributed by atoms with Crippen LogP contribution in [-0.2, 0) is 22.4 Å². The maximum absolute atomic E-state index is 13.4. The average molecular weight is 364 g/mol. The first-order chi connectivity index (χ1) is 13.0. The molecule has 0 spiro atoms. The van der Waals surface area contributed by atoms with Crippen LogP contribution in [0.2, 0.25) is 0 Å². The molecule has 0 aliphatic carbocycles. The number of carbonyl (C=O) groups excluding carboxylic acids is 3. The fourth-order valence-electron chi connectivity index (χ4n) is 3.74. The van der Waals surface area contributed by atoms with E-state index < -0.39 is 23.3 Å². The predicted octanol–water partition coefficient (Wildman–Crippen LogP) is 3.29. The summed E-state index contributed by atoms with van der Waals surface area (Å²) >= 11 is 0. The van der Waals surface area contributed by atoms with E-state index in [1.54, 1.807) is 13.8 Å². The van der Waals surface area contributed by atoms with Gasteiger partial charge in [0.25, 0.3) is 0 Å². The molecule has 0 aromatic heterocycles. The van der Waals surface area contributed by atoms with Crippen molar-refractivity contribution in [2.75, 3.05) is 13.1 Å². The topological polar surface area (TPSA) is 57.7 Å². The molecule has 5 nitrogen and oxygen atoms in total. The zero-order chi connectivity index (χ0) is 19.4. The summed E-state index contributed by atoms with van der Waals surface area (Å²) in [6, 6.07) is 18.5. The van der Waals surface area contributed by atoms with Gasteiger partial charge < -0.3 is 0 Å². The van der Waals surface area contributed by atoms with Crippen molar-refractivity contribution in [3.8, 4) is 0 Å². The predicted molar refractivity (Wildman–Crippen MR) is 103 cm³/mol. The van der Waals surface area contributed by atoms with Crippen LogP contribution in [0, 0.1) is 5.41 Å². The van der Waals surface area contributed by atoms with E-state index in [0.29, 0.717) is 0 Å². The van der Waals surface area contributed by atoms with Crippen molar-refractivity contribution in [1.82, 2.24) is 9.80 Å². The quantitative estimate of drug-likeness (QED) is 0.739. The van der Waals surface area contributed by atoms with Gasteiger partial charge in [0, 0.05) is 13.1 Å². The van der Waals surface area contributed by atoms with E-state index in [4.69, 9.17) is 0 Å². The van der Waals surface area contributed by atoms with Gasteiger partial charge in [-0.1, -0.05) is 60.7 Å². The van der Waals surface area contributed by atoms with Gasteiger partial charge in [-0.15, -0.1) is 0 Å². The Bertz CT molecular complexity index is 764. The number of hydrogen-bond donors (Lipinski definition) is 0. The fraction of sp³-hybridized carbons (Fsp3) is 0.318. The second kappa shape index (κ2) is 7.74. The lowest BCUT2D eigenvalue weighted by molar-refractivity contribution is -0.158. The highest BCUT2D eigenvalue weighted by Crippen LogP contribution is 2.36. The summed E-state index contributed by atoms with van der Waals surface area (Å²) in [6.45, 7) is 4.00. The molecule has 1 aliphatic rings. The van der Waals surface area contributed by atoms with Crippen LogP contribution < -0.4 is 0 Å². The van der Waals surface area contributed by atoms with Crippen LogP contribution in [0.5, 0.6) is 0 Å². The lowest BCUT2D eigenvalue weighted by atomic mass is 9.73. The summed E-state index contributed by atoms with van der Waals surface area (Å²) in [5, 5.41) is 0. The zero-order valence-corrected chi connectivity index (χ0v) is 15.7. The first-order valence-electron chi connectivity index (χ1n) is 9.29. The van der Waals surface area contributed by atoms with Crippen molar-refractivity contribution in [3.63, 3.8) is 0 Å². The largest absolute Gasteiger partial charge is 0.333 e. The molecule has 1 aliphatic heterocycles. The highest BCUT2D eigenvalue weighted by molar-refractivity contribution is 6.19. The van der Waals surface area contributed by atoms with Gasteiger partial charge in [0.15, 0.2) is 0 Å². The third-order valence-electron chi connectivity index (χ3n) is 5.10. The number of carbonyl (C=O) groups is 3. The average Bonchev–Trinajstić information content (AvgIpc) is 2.69. The normalized spacial score (nSPS) is 16.7. The van der Waals surface area contributed by atoms with E-state index in [1.807, 2.05) is 60.7 Å². The number of rotatable bonds is 6. The second-order valence-electron chi connectivity index (χ2n) is 6.79. The molecule has 3 rings (SSSR count). The van der Waals surface area contributed by atoms with Gasteiger partial charge in [0.1, 0.15) is 5.41 Å². The Morgan fingerprint density at radius 1 is 0.667 bits per heavy atom. The lowest BCUT2D eigenvalue weighted by Crippen LogP contribution is -2.66. The van der Waals surface area contributed by atoms with Gasteiger partial charge in [0.2, 0.25) is 11.8 Å². The summed E-state index contributed by atoms with van der Waals surface area (Å²) in [4.78, 5) is 41.9. The first kappa shape index (κ1) is 18.8. The molecule has 0 saturated carbocycles. The van der Waals surface area contributed by atoms with Gasteiger partial charge in [-0.05, 0) is 37.8 Å². The van der Waals surface area contributed by atoms with Gasteiger partial charge in [-0.2, -0.15) is 0 Å². The number of urea groups is 1. The van der Waals surface area contributed by atoms with Gasteiger partial charge in [-0.3, -0.25) is 19.4 Å². The summed E-state index contributed by atoms with van der Waals surface area (Å²) in [5.41, 5.74) is 0.482. The van der Waals surface area contributed by atoms with Gasteiger partial charge >= 0.3 is 6.03 Å². The first-order valence-corrected chi connectivity index (χ1v) is 9.29. The Labute approximate surface area is 159 Å². The van der Waals surface area contributed by atoms with E-state index in [0.717, 1.165) is 11.1 Å². The van der Waals surface area contributed by atoms with Crippen molar-refractivity contribution in [2.24, 2.45) is 5.41 Å². The molecule has 27 heavy (non-hydrogen) atoms. The van der Waals surface area contributed by atoms with Crippen LogP contribution in [0.3, 0.4) is 0 Å². The highest BCUT2D eigenvalue weighted by Gasteiger charge is 2.56. The summed E-state index contributed by atoms with van der Waals surface area (Å²) in [6.07, 6.45) is 0.529. The van der Waals surface area contributed by atoms with Crippen LogP contribution in [0.4, 0.5) is 4.79 Å². The maximum atomic E-state index is 13.4. The van der Waals surface area contributed by atoms with Gasteiger partial charge in [0.05, 0.1) is 0 Å². The molecule has 4 amide bonds. The van der Waals surface area contributed by atoms with E-state index in [2.05, 4.69) is 0 Å². The van der Waals surface area contributed by atoms with E-state index in [1.165, 1.54) is 9.80 Å². The number of benzene rings is 2. The van der Waals surface area contributed by atoms with Crippen LogP contribution in [0.15, 0.2) is 60.7 Å². The van der Waals surface area contributed by atoms with E-state index >= 15 is 0 Å². The van der Waals surface area contributed by atoms with Crippen LogP contribution in [0.25, 0.3) is 0 Å². The minimum absolute atomic E-state index is 0.243. The standard InChI is InChI=1S/C22H24N2O3/c1-3-23-19(25)22(15-17-11-7-5-8-12-17,16-18-13-9-6-10-14-18)20(26)24(4-2)21(23)27/h5-14H,3-4,15-16H2,1-2H3. The number of nitrogens with zero attached hydrogens (tertiary/aromatic N) is 2. The maximum Gasteiger partial charge on any atom is 0.333 e. The monoisotopic (exact) mass is 364 g/mol. The molecule has 5 heteroatoms. The Morgan fingerprint density at radius 3 is 1.37 bits per heavy atom. The van der Waals surface area contributed by atoms with Crippen molar-refractivity contribution in [1.29, 1.82) is 0 Å². The fourth-order valence-corrected chi connectivity index (χ4v) is 3.74. The van der Waals surface area contributed by atoms with E-state index in [9.17, 15) is 14.4 Å². The Hall–Kier alpha value is -2.95. The van der Waals surface area contributed by atoms with Crippen molar-refractivity contribution in [3.05, 3.63) is 71.8 Å². The van der Waals surface area contributed by atoms with Crippen molar-refractivity contribution >= 4 is 17.8 Å². The molecule has 0 unspecified atom stereocenters. The smallest absolute Gasteiger partial charge is 0.273 e. The molecule has 0 N–H and O–H groups in total. The lowest BCUT2D eigenvalue weighted by Gasteiger charge is -2.44. The molecule has 2 aromatic rings. The molecule has 0 atom stereocenters. The number of hydrogen-bond acceptors (Lipinski definition) is 3. The highest BCUT2D eigenvalue weighted by atomic mass is 16.2. The number of barbiturate groups is 1. The molecule has 140 valence electrons. The number of amides is 4. The minimum Gasteiger partial charge on any atom is -0.273 e. The molecule has 1 saturated heterocycles. The van der Waals surface area contributed by atoms with Crippen molar-refractivity contribution < 1.29 is 14.4 Å².